The van der Waals surface area contributed by atoms with Crippen molar-refractivity contribution in [2.45, 2.75) is 70.5 Å². The first-order valence-corrected chi connectivity index (χ1v) is 9.38. The number of thiol groups is 1. The minimum absolute atomic E-state index is 0.0175. The third kappa shape index (κ3) is 1.87. The number of hydrogen-bond acceptors (Lipinski definition) is 2. The summed E-state index contributed by atoms with van der Waals surface area (Å²) in [6.45, 7) is 4.80. The van der Waals surface area contributed by atoms with Crippen LogP contribution in [0.5, 0.6) is 0 Å². The summed E-state index contributed by atoms with van der Waals surface area (Å²) in [5.41, 5.74) is 2.13. The third-order valence-electron chi connectivity index (χ3n) is 7.79. The van der Waals surface area contributed by atoms with E-state index in [1.807, 2.05) is 0 Å². The molecule has 0 aliphatic heterocycles. The van der Waals surface area contributed by atoms with Gasteiger partial charge in [0.1, 0.15) is 5.78 Å². The lowest BCUT2D eigenvalue weighted by Gasteiger charge is -2.56. The van der Waals surface area contributed by atoms with Crippen LogP contribution < -0.4 is 0 Å². The molecule has 116 valence electrons. The Morgan fingerprint density at radius 3 is 2.62 bits per heavy atom. The summed E-state index contributed by atoms with van der Waals surface area (Å²) in [5, 5.41) is 0.572. The molecule has 4 rings (SSSR count). The molecule has 4 aliphatic carbocycles. The van der Waals surface area contributed by atoms with Crippen LogP contribution in [0.3, 0.4) is 0 Å². The van der Waals surface area contributed by atoms with Gasteiger partial charge in [0.15, 0.2) is 0 Å². The van der Waals surface area contributed by atoms with Crippen molar-refractivity contribution in [3.63, 3.8) is 0 Å². The SMILES string of the molecule is C[C@]12CC[C@H](S)CC1=CC[C@@H]1[C@@H]2CC[C@]2(C)C(=O)CC[C@@H]12. The van der Waals surface area contributed by atoms with Gasteiger partial charge in [-0.05, 0) is 68.1 Å². The summed E-state index contributed by atoms with van der Waals surface area (Å²) in [4.78, 5) is 12.4. The first-order valence-electron chi connectivity index (χ1n) is 8.86. The Labute approximate surface area is 134 Å². The first kappa shape index (κ1) is 14.4. The van der Waals surface area contributed by atoms with Gasteiger partial charge in [-0.1, -0.05) is 25.5 Å². The van der Waals surface area contributed by atoms with Gasteiger partial charge in [-0.2, -0.15) is 12.6 Å². The zero-order valence-corrected chi connectivity index (χ0v) is 14.3. The molecule has 0 saturated heterocycles. The number of carbonyl (C=O) groups excluding carboxylic acids is 1. The van der Waals surface area contributed by atoms with Crippen LogP contribution in [0, 0.1) is 28.6 Å². The molecule has 0 unspecified atom stereocenters. The third-order valence-corrected chi connectivity index (χ3v) is 8.23. The van der Waals surface area contributed by atoms with Crippen molar-refractivity contribution in [2.75, 3.05) is 0 Å². The van der Waals surface area contributed by atoms with Crippen molar-refractivity contribution in [1.29, 1.82) is 0 Å². The maximum atomic E-state index is 12.4. The topological polar surface area (TPSA) is 17.1 Å². The van der Waals surface area contributed by atoms with Crippen LogP contribution >= 0.6 is 12.6 Å². The van der Waals surface area contributed by atoms with Crippen molar-refractivity contribution in [3.05, 3.63) is 11.6 Å². The number of fused-ring (bicyclic) bond motifs is 5. The highest BCUT2D eigenvalue weighted by Gasteiger charge is 2.58. The number of ketones is 1. The van der Waals surface area contributed by atoms with E-state index in [2.05, 4.69) is 19.9 Å². The largest absolute Gasteiger partial charge is 0.299 e. The summed E-state index contributed by atoms with van der Waals surface area (Å²) in [6.07, 6.45) is 12.0. The van der Waals surface area contributed by atoms with Gasteiger partial charge in [-0.15, -0.1) is 0 Å². The number of rotatable bonds is 0. The summed E-state index contributed by atoms with van der Waals surface area (Å²) in [5.74, 6) is 2.81. The Hall–Kier alpha value is -0.240. The second-order valence-electron chi connectivity index (χ2n) is 8.57. The average molecular weight is 304 g/mol. The van der Waals surface area contributed by atoms with Crippen molar-refractivity contribution in [1.82, 2.24) is 0 Å². The number of allylic oxidation sites excluding steroid dienone is 2. The van der Waals surface area contributed by atoms with Crippen LogP contribution in [0.1, 0.15) is 65.2 Å². The molecule has 0 aromatic carbocycles. The Bertz CT molecular complexity index is 510. The van der Waals surface area contributed by atoms with Crippen LogP contribution in [-0.4, -0.2) is 11.0 Å². The lowest BCUT2D eigenvalue weighted by atomic mass is 9.48. The minimum atomic E-state index is 0.0175. The highest BCUT2D eigenvalue weighted by atomic mass is 32.1. The van der Waals surface area contributed by atoms with E-state index in [-0.39, 0.29) is 5.41 Å². The van der Waals surface area contributed by atoms with Crippen LogP contribution in [0.15, 0.2) is 11.6 Å². The Kier molecular flexibility index (Phi) is 3.17. The second kappa shape index (κ2) is 4.63. The lowest BCUT2D eigenvalue weighted by Crippen LogP contribution is -2.50. The summed E-state index contributed by atoms with van der Waals surface area (Å²) < 4.78 is 0. The Balaban J connectivity index is 1.69. The van der Waals surface area contributed by atoms with E-state index in [4.69, 9.17) is 12.6 Å². The molecule has 0 heterocycles. The van der Waals surface area contributed by atoms with Gasteiger partial charge in [-0.25, -0.2) is 0 Å². The van der Waals surface area contributed by atoms with Gasteiger partial charge in [0.2, 0.25) is 0 Å². The van der Waals surface area contributed by atoms with Gasteiger partial charge < -0.3 is 0 Å². The zero-order chi connectivity index (χ0) is 14.8. The molecule has 0 aromatic rings. The van der Waals surface area contributed by atoms with Crippen molar-refractivity contribution < 1.29 is 4.79 Å². The minimum Gasteiger partial charge on any atom is -0.299 e. The molecule has 2 heteroatoms. The van der Waals surface area contributed by atoms with Gasteiger partial charge in [-0.3, -0.25) is 4.79 Å². The van der Waals surface area contributed by atoms with E-state index in [9.17, 15) is 4.79 Å². The number of hydrogen-bond donors (Lipinski definition) is 1. The molecule has 1 nitrogen and oxygen atoms in total. The first-order chi connectivity index (χ1) is 9.95. The highest BCUT2D eigenvalue weighted by Crippen LogP contribution is 2.64. The predicted octanol–water partition coefficient (Wildman–Crippen LogP) is 4.82. The molecular weight excluding hydrogens is 276 g/mol. The van der Waals surface area contributed by atoms with Crippen LogP contribution in [0.4, 0.5) is 0 Å². The standard InChI is InChI=1S/C19H28OS/c1-18-9-7-13(21)11-12(18)3-4-14-15-5-6-17(20)19(15,2)10-8-16(14)18/h3,13-16,21H,4-11H2,1-2H3/t13-,14-,15-,16-,18-,19-/m0/s1. The lowest BCUT2D eigenvalue weighted by molar-refractivity contribution is -0.131. The summed E-state index contributed by atoms with van der Waals surface area (Å²) in [6, 6.07) is 0. The fraction of sp³-hybridized carbons (Fsp3) is 0.842. The second-order valence-corrected chi connectivity index (χ2v) is 9.30. The summed E-state index contributed by atoms with van der Waals surface area (Å²) >= 11 is 4.73. The van der Waals surface area contributed by atoms with E-state index in [0.717, 1.165) is 31.1 Å². The molecular formula is C19H28OS. The molecule has 4 aliphatic rings. The predicted molar refractivity (Wildman–Crippen MR) is 89.5 cm³/mol. The van der Waals surface area contributed by atoms with Crippen LogP contribution in [0.25, 0.3) is 0 Å². The van der Waals surface area contributed by atoms with Gasteiger partial charge >= 0.3 is 0 Å². The van der Waals surface area contributed by atoms with Crippen molar-refractivity contribution in [2.24, 2.45) is 28.6 Å². The summed E-state index contributed by atoms with van der Waals surface area (Å²) in [7, 11) is 0. The molecule has 6 atom stereocenters. The van der Waals surface area contributed by atoms with Crippen LogP contribution in [-0.2, 0) is 4.79 Å². The van der Waals surface area contributed by atoms with Gasteiger partial charge in [0, 0.05) is 17.1 Å². The maximum absolute atomic E-state index is 12.4. The number of Topliss-reactive ketones (excluding diaryl/α,β-unsaturated/α-hetero) is 1. The Morgan fingerprint density at radius 2 is 1.81 bits per heavy atom. The zero-order valence-electron chi connectivity index (χ0n) is 13.4. The van der Waals surface area contributed by atoms with Crippen molar-refractivity contribution in [3.8, 4) is 0 Å². The van der Waals surface area contributed by atoms with E-state index < -0.39 is 0 Å². The molecule has 0 bridgehead atoms. The fourth-order valence-electron chi connectivity index (χ4n) is 6.41. The van der Waals surface area contributed by atoms with Crippen LogP contribution in [0.2, 0.25) is 0 Å². The quantitative estimate of drug-likeness (QED) is 0.502. The van der Waals surface area contributed by atoms with Crippen molar-refractivity contribution >= 4 is 18.4 Å². The normalized spacial score (nSPS) is 52.7. The maximum Gasteiger partial charge on any atom is 0.139 e. The smallest absolute Gasteiger partial charge is 0.139 e. The van der Waals surface area contributed by atoms with E-state index in [1.165, 1.54) is 32.1 Å². The molecule has 3 saturated carbocycles. The molecule has 0 spiro atoms. The number of carbonyl (C=O) groups is 1. The fourth-order valence-corrected chi connectivity index (χ4v) is 6.74. The molecule has 3 fully saturated rings. The molecule has 0 N–H and O–H groups in total. The molecule has 0 aromatic heterocycles. The van der Waals surface area contributed by atoms with Gasteiger partial charge in [0.25, 0.3) is 0 Å². The average Bonchev–Trinajstić information content (AvgIpc) is 2.76. The molecule has 0 amide bonds. The van der Waals surface area contributed by atoms with E-state index >= 15 is 0 Å². The van der Waals surface area contributed by atoms with E-state index in [0.29, 0.717) is 22.4 Å². The molecule has 21 heavy (non-hydrogen) atoms. The Morgan fingerprint density at radius 1 is 1.10 bits per heavy atom. The highest BCUT2D eigenvalue weighted by molar-refractivity contribution is 7.80. The monoisotopic (exact) mass is 304 g/mol. The van der Waals surface area contributed by atoms with E-state index in [1.54, 1.807) is 5.57 Å². The van der Waals surface area contributed by atoms with Gasteiger partial charge in [0.05, 0.1) is 0 Å². The molecule has 0 radical (unpaired) electrons.